The molecule has 0 radical (unpaired) electrons. The average Bonchev–Trinajstić information content (AvgIpc) is 2.97. The lowest BCUT2D eigenvalue weighted by molar-refractivity contribution is 0.287. The maximum atomic E-state index is 5.68. The third-order valence-corrected chi connectivity index (χ3v) is 5.60. The minimum absolute atomic E-state index is 0.608. The number of halogens is 1. The molecule has 23 heavy (non-hydrogen) atoms. The zero-order valence-electron chi connectivity index (χ0n) is 13.4. The van der Waals surface area contributed by atoms with Crippen LogP contribution in [0.2, 0.25) is 0 Å². The van der Waals surface area contributed by atoms with Crippen molar-refractivity contribution in [1.29, 1.82) is 0 Å². The Morgan fingerprint density at radius 2 is 1.83 bits per heavy atom. The number of hydrogen-bond acceptors (Lipinski definition) is 7. The molecule has 1 aromatic carbocycles. The molecule has 0 saturated heterocycles. The molecule has 5 nitrogen and oxygen atoms in total. The molecular formula is C15H20BrN3O2S2. The summed E-state index contributed by atoms with van der Waals surface area (Å²) >= 11 is 6.84. The van der Waals surface area contributed by atoms with E-state index in [-0.39, 0.29) is 0 Å². The van der Waals surface area contributed by atoms with Gasteiger partial charge in [-0.1, -0.05) is 39.0 Å². The van der Waals surface area contributed by atoms with Gasteiger partial charge in [0.2, 0.25) is 5.13 Å². The van der Waals surface area contributed by atoms with Crippen molar-refractivity contribution >= 4 is 44.2 Å². The van der Waals surface area contributed by atoms with Gasteiger partial charge in [0.25, 0.3) is 0 Å². The van der Waals surface area contributed by atoms with Gasteiger partial charge in [-0.3, -0.25) is 0 Å². The Bertz CT molecular complexity index is 637. The van der Waals surface area contributed by atoms with Crippen molar-refractivity contribution in [2.75, 3.05) is 25.1 Å². The summed E-state index contributed by atoms with van der Waals surface area (Å²) in [5.74, 6) is 2.33. The maximum absolute atomic E-state index is 5.68. The summed E-state index contributed by atoms with van der Waals surface area (Å²) in [5.41, 5.74) is 1.14. The first-order chi connectivity index (χ1) is 11.2. The van der Waals surface area contributed by atoms with Crippen molar-refractivity contribution in [2.24, 2.45) is 0 Å². The van der Waals surface area contributed by atoms with E-state index in [4.69, 9.17) is 9.47 Å². The second kappa shape index (κ2) is 9.34. The molecular weight excluding hydrogens is 398 g/mol. The normalized spacial score (nSPS) is 10.6. The van der Waals surface area contributed by atoms with Crippen LogP contribution >= 0.6 is 39.0 Å². The van der Waals surface area contributed by atoms with Crippen LogP contribution in [-0.2, 0) is 5.75 Å². The van der Waals surface area contributed by atoms with E-state index in [0.717, 1.165) is 43.3 Å². The van der Waals surface area contributed by atoms with Crippen LogP contribution < -0.4 is 14.8 Å². The monoisotopic (exact) mass is 417 g/mol. The Kier molecular flexibility index (Phi) is 7.45. The number of nitrogens with one attached hydrogen (secondary N) is 1. The molecule has 0 fully saturated rings. The summed E-state index contributed by atoms with van der Waals surface area (Å²) in [5, 5.41) is 12.3. The van der Waals surface area contributed by atoms with E-state index in [0.29, 0.717) is 13.2 Å². The third-order valence-electron chi connectivity index (χ3n) is 2.80. The first-order valence-corrected chi connectivity index (χ1v) is 10.1. The molecule has 0 aliphatic heterocycles. The van der Waals surface area contributed by atoms with E-state index < -0.39 is 0 Å². The molecule has 0 aliphatic rings. The lowest BCUT2D eigenvalue weighted by Crippen LogP contribution is -1.99. The van der Waals surface area contributed by atoms with Gasteiger partial charge in [0.15, 0.2) is 15.8 Å². The van der Waals surface area contributed by atoms with Gasteiger partial charge >= 0.3 is 0 Å². The van der Waals surface area contributed by atoms with Crippen molar-refractivity contribution in [3.05, 3.63) is 22.2 Å². The largest absolute Gasteiger partial charge is 0.490 e. The SMILES string of the molecule is CCNc1nnc(SCc2cc(OCC)c(OCC)cc2Br)s1. The van der Waals surface area contributed by atoms with Crippen molar-refractivity contribution < 1.29 is 9.47 Å². The summed E-state index contributed by atoms with van der Waals surface area (Å²) in [6, 6.07) is 3.99. The molecule has 0 bridgehead atoms. The van der Waals surface area contributed by atoms with Crippen LogP contribution in [0.25, 0.3) is 0 Å². The van der Waals surface area contributed by atoms with Gasteiger partial charge in [0.1, 0.15) is 0 Å². The number of anilines is 1. The van der Waals surface area contributed by atoms with Gasteiger partial charge in [-0.25, -0.2) is 0 Å². The lowest BCUT2D eigenvalue weighted by atomic mass is 10.2. The Balaban J connectivity index is 2.10. The number of hydrogen-bond donors (Lipinski definition) is 1. The van der Waals surface area contributed by atoms with Gasteiger partial charge in [0.05, 0.1) is 13.2 Å². The van der Waals surface area contributed by atoms with E-state index >= 15 is 0 Å². The van der Waals surface area contributed by atoms with Gasteiger partial charge in [-0.05, 0) is 38.5 Å². The summed E-state index contributed by atoms with van der Waals surface area (Å²) in [4.78, 5) is 0. The Hall–Kier alpha value is -0.990. The standard InChI is InChI=1S/C15H20BrN3O2S2/c1-4-17-14-18-19-15(23-14)22-9-10-7-12(20-5-2)13(21-6-3)8-11(10)16/h7-8H,4-6,9H2,1-3H3,(H,17,18). The Morgan fingerprint density at radius 3 is 2.48 bits per heavy atom. The molecule has 1 aromatic heterocycles. The maximum Gasteiger partial charge on any atom is 0.206 e. The van der Waals surface area contributed by atoms with Crippen LogP contribution in [0.3, 0.4) is 0 Å². The smallest absolute Gasteiger partial charge is 0.206 e. The molecule has 126 valence electrons. The van der Waals surface area contributed by atoms with Crippen LogP contribution in [0.1, 0.15) is 26.3 Å². The fourth-order valence-electron chi connectivity index (χ4n) is 1.85. The van der Waals surface area contributed by atoms with E-state index in [9.17, 15) is 0 Å². The van der Waals surface area contributed by atoms with Crippen LogP contribution in [0.4, 0.5) is 5.13 Å². The Labute approximate surface area is 153 Å². The molecule has 0 aliphatic carbocycles. The third kappa shape index (κ3) is 5.26. The minimum atomic E-state index is 0.608. The van der Waals surface area contributed by atoms with Gasteiger partial charge in [0, 0.05) is 16.8 Å². The van der Waals surface area contributed by atoms with Crippen LogP contribution in [0.15, 0.2) is 20.9 Å². The highest BCUT2D eigenvalue weighted by Gasteiger charge is 2.12. The number of benzene rings is 1. The number of rotatable bonds is 9. The molecule has 1 N–H and O–H groups in total. The molecule has 0 unspecified atom stereocenters. The number of thioether (sulfide) groups is 1. The summed E-state index contributed by atoms with van der Waals surface area (Å²) in [6.45, 7) is 8.04. The quantitative estimate of drug-likeness (QED) is 0.589. The number of aromatic nitrogens is 2. The predicted molar refractivity (Wildman–Crippen MR) is 100 cm³/mol. The molecule has 0 amide bonds. The summed E-state index contributed by atoms with van der Waals surface area (Å²) in [6.07, 6.45) is 0. The van der Waals surface area contributed by atoms with Crippen LogP contribution in [0, 0.1) is 0 Å². The van der Waals surface area contributed by atoms with Gasteiger partial charge < -0.3 is 14.8 Å². The van der Waals surface area contributed by atoms with Gasteiger partial charge in [-0.15, -0.1) is 10.2 Å². The Morgan fingerprint density at radius 1 is 1.13 bits per heavy atom. The van der Waals surface area contributed by atoms with Crippen molar-refractivity contribution in [3.8, 4) is 11.5 Å². The van der Waals surface area contributed by atoms with Gasteiger partial charge in [-0.2, -0.15) is 0 Å². The van der Waals surface area contributed by atoms with Crippen molar-refractivity contribution in [2.45, 2.75) is 30.9 Å². The zero-order valence-corrected chi connectivity index (χ0v) is 16.6. The van der Waals surface area contributed by atoms with Crippen molar-refractivity contribution in [3.63, 3.8) is 0 Å². The van der Waals surface area contributed by atoms with Crippen molar-refractivity contribution in [1.82, 2.24) is 10.2 Å². The summed E-state index contributed by atoms with van der Waals surface area (Å²) < 4.78 is 13.3. The predicted octanol–water partition coefficient (Wildman–Crippen LogP) is 4.82. The molecule has 0 saturated carbocycles. The molecule has 2 rings (SSSR count). The fraction of sp³-hybridized carbons (Fsp3) is 0.467. The highest BCUT2D eigenvalue weighted by molar-refractivity contribution is 9.10. The highest BCUT2D eigenvalue weighted by Crippen LogP contribution is 2.37. The highest BCUT2D eigenvalue weighted by atomic mass is 79.9. The molecule has 8 heteroatoms. The average molecular weight is 418 g/mol. The minimum Gasteiger partial charge on any atom is -0.490 e. The lowest BCUT2D eigenvalue weighted by Gasteiger charge is -2.13. The van der Waals surface area contributed by atoms with E-state index in [2.05, 4.69) is 31.4 Å². The van der Waals surface area contributed by atoms with E-state index in [1.165, 1.54) is 0 Å². The van der Waals surface area contributed by atoms with E-state index in [1.807, 2.05) is 32.9 Å². The first-order valence-electron chi connectivity index (χ1n) is 7.46. The van der Waals surface area contributed by atoms with Crippen LogP contribution in [0.5, 0.6) is 11.5 Å². The second-order valence-electron chi connectivity index (χ2n) is 4.45. The number of nitrogens with zero attached hydrogens (tertiary/aromatic N) is 2. The second-order valence-corrected chi connectivity index (χ2v) is 7.50. The molecule has 1 heterocycles. The zero-order chi connectivity index (χ0) is 16.7. The molecule has 0 atom stereocenters. The summed E-state index contributed by atoms with van der Waals surface area (Å²) in [7, 11) is 0. The number of ether oxygens (including phenoxy) is 2. The van der Waals surface area contributed by atoms with Crippen LogP contribution in [-0.4, -0.2) is 30.0 Å². The first kappa shape index (κ1) is 18.4. The molecule has 0 spiro atoms. The van der Waals surface area contributed by atoms with E-state index in [1.54, 1.807) is 23.1 Å². The molecule has 2 aromatic rings. The fourth-order valence-corrected chi connectivity index (χ4v) is 4.31. The topological polar surface area (TPSA) is 56.3 Å².